The minimum atomic E-state index is -4.33. The second-order valence-electron chi connectivity index (χ2n) is 18.5. The van der Waals surface area contributed by atoms with Crippen LogP contribution in [0.5, 0.6) is 0 Å². The first kappa shape index (κ1) is 62.4. The molecule has 0 saturated heterocycles. The molecule has 0 aromatic rings. The lowest BCUT2D eigenvalue weighted by Gasteiger charge is -2.26. The number of aliphatic hydroxyl groups excluding tert-OH is 1. The van der Waals surface area contributed by atoms with Crippen LogP contribution in [0.4, 0.5) is 0 Å². The van der Waals surface area contributed by atoms with Gasteiger partial charge in [-0.3, -0.25) is 13.8 Å². The Morgan fingerprint density at radius 2 is 0.923 bits per heavy atom. The monoisotopic (exact) mass is 928 g/mol. The first-order valence-electron chi connectivity index (χ1n) is 26.1. The molecule has 0 rings (SSSR count). The average molecular weight is 928 g/mol. The number of quaternary nitrogens is 1. The molecule has 3 N–H and O–H groups in total. The van der Waals surface area contributed by atoms with Gasteiger partial charge < -0.3 is 19.8 Å². The summed E-state index contributed by atoms with van der Waals surface area (Å²) < 4.78 is 23.7. The number of phosphoric acid groups is 1. The number of allylic oxidation sites excluding steroid dienone is 16. The van der Waals surface area contributed by atoms with E-state index in [9.17, 15) is 19.4 Å². The Bertz CT molecular complexity index is 1370. The van der Waals surface area contributed by atoms with Gasteiger partial charge in [-0.15, -0.1) is 0 Å². The summed E-state index contributed by atoms with van der Waals surface area (Å²) in [5, 5.41) is 14.0. The van der Waals surface area contributed by atoms with E-state index in [4.69, 9.17) is 9.05 Å². The van der Waals surface area contributed by atoms with Crippen molar-refractivity contribution in [2.24, 2.45) is 0 Å². The molecule has 374 valence electrons. The first-order valence-corrected chi connectivity index (χ1v) is 27.6. The topological polar surface area (TPSA) is 105 Å². The number of likely N-dealkylation sites (N-methyl/N-ethyl adjacent to an activating group) is 1. The summed E-state index contributed by atoms with van der Waals surface area (Å²) in [4.78, 5) is 23.2. The third kappa shape index (κ3) is 49.2. The van der Waals surface area contributed by atoms with Crippen LogP contribution in [-0.4, -0.2) is 73.4 Å². The molecule has 0 aliphatic rings. The summed E-state index contributed by atoms with van der Waals surface area (Å²) >= 11 is 0. The van der Waals surface area contributed by atoms with Crippen molar-refractivity contribution in [1.82, 2.24) is 5.32 Å². The van der Waals surface area contributed by atoms with Crippen molar-refractivity contribution < 1.29 is 32.9 Å². The number of rotatable bonds is 46. The minimum Gasteiger partial charge on any atom is -0.391 e. The van der Waals surface area contributed by atoms with E-state index in [1.54, 1.807) is 0 Å². The maximum Gasteiger partial charge on any atom is 0.472 e. The van der Waals surface area contributed by atoms with E-state index < -0.39 is 20.0 Å². The lowest BCUT2D eigenvalue weighted by Crippen LogP contribution is -2.46. The first-order chi connectivity index (χ1) is 31.5. The van der Waals surface area contributed by atoms with Crippen LogP contribution in [-0.2, 0) is 18.4 Å². The molecule has 65 heavy (non-hydrogen) atoms. The molecule has 0 aliphatic heterocycles. The third-order valence-corrected chi connectivity index (χ3v) is 12.1. The zero-order valence-electron chi connectivity index (χ0n) is 42.4. The number of nitrogens with one attached hydrogen (secondary N) is 1. The van der Waals surface area contributed by atoms with Crippen LogP contribution in [0.2, 0.25) is 0 Å². The highest BCUT2D eigenvalue weighted by atomic mass is 31.2. The lowest BCUT2D eigenvalue weighted by atomic mass is 10.0. The quantitative estimate of drug-likeness (QED) is 0.0243. The fraction of sp³-hybridized carbons (Fsp3) is 0.696. The van der Waals surface area contributed by atoms with Gasteiger partial charge in [-0.1, -0.05) is 214 Å². The number of unbranched alkanes of at least 4 members (excludes halogenated alkanes) is 17. The van der Waals surface area contributed by atoms with Gasteiger partial charge in [0, 0.05) is 6.42 Å². The zero-order valence-corrected chi connectivity index (χ0v) is 43.3. The molecule has 3 unspecified atom stereocenters. The molecule has 9 heteroatoms. The van der Waals surface area contributed by atoms with Gasteiger partial charge in [-0.25, -0.2) is 4.57 Å². The Morgan fingerprint density at radius 1 is 0.538 bits per heavy atom. The summed E-state index contributed by atoms with van der Waals surface area (Å²) in [5.41, 5.74) is 0. The summed E-state index contributed by atoms with van der Waals surface area (Å²) in [6, 6.07) is -0.774. The summed E-state index contributed by atoms with van der Waals surface area (Å²) in [6.07, 6.45) is 65.9. The van der Waals surface area contributed by atoms with E-state index in [-0.39, 0.29) is 19.1 Å². The van der Waals surface area contributed by atoms with Gasteiger partial charge >= 0.3 is 7.82 Å². The number of carbonyl (C=O) groups excluding carboxylic acids is 1. The zero-order chi connectivity index (χ0) is 47.8. The number of hydrogen-bond donors (Lipinski definition) is 3. The van der Waals surface area contributed by atoms with Gasteiger partial charge in [-0.05, 0) is 77.0 Å². The largest absolute Gasteiger partial charge is 0.472 e. The van der Waals surface area contributed by atoms with Crippen LogP contribution in [0.25, 0.3) is 0 Å². The Labute approximate surface area is 400 Å². The van der Waals surface area contributed by atoms with Gasteiger partial charge in [0.15, 0.2) is 0 Å². The number of aliphatic hydroxyl groups is 1. The Balaban J connectivity index is 4.22. The molecule has 0 bridgehead atoms. The summed E-state index contributed by atoms with van der Waals surface area (Å²) in [5.74, 6) is -0.164. The van der Waals surface area contributed by atoms with E-state index >= 15 is 0 Å². The molecule has 3 atom stereocenters. The second-order valence-corrected chi connectivity index (χ2v) is 20.0. The molecule has 0 aromatic heterocycles. The molecule has 0 saturated carbocycles. The maximum absolute atomic E-state index is 12.9. The molecule has 0 spiro atoms. The van der Waals surface area contributed by atoms with Crippen molar-refractivity contribution in [2.45, 2.75) is 212 Å². The molecule has 0 aromatic carbocycles. The third-order valence-electron chi connectivity index (χ3n) is 11.1. The molecule has 0 radical (unpaired) electrons. The van der Waals surface area contributed by atoms with Crippen molar-refractivity contribution in [1.29, 1.82) is 0 Å². The van der Waals surface area contributed by atoms with Gasteiger partial charge in [0.05, 0.1) is 39.9 Å². The predicted octanol–water partition coefficient (Wildman–Crippen LogP) is 15.5. The van der Waals surface area contributed by atoms with Crippen LogP contribution < -0.4 is 5.32 Å². The van der Waals surface area contributed by atoms with Crippen LogP contribution in [0.1, 0.15) is 200 Å². The highest BCUT2D eigenvalue weighted by Crippen LogP contribution is 2.43. The Hall–Kier alpha value is -2.58. The Kier molecular flexibility index (Phi) is 44.7. The van der Waals surface area contributed by atoms with E-state index in [0.717, 1.165) is 103 Å². The average Bonchev–Trinajstić information content (AvgIpc) is 3.26. The van der Waals surface area contributed by atoms with Gasteiger partial charge in [-0.2, -0.15) is 0 Å². The van der Waals surface area contributed by atoms with Crippen LogP contribution >= 0.6 is 7.82 Å². The van der Waals surface area contributed by atoms with Crippen molar-refractivity contribution in [3.8, 4) is 0 Å². The smallest absolute Gasteiger partial charge is 0.391 e. The molecule has 8 nitrogen and oxygen atoms in total. The molecular formula is C56H100N2O6P+. The van der Waals surface area contributed by atoms with Crippen LogP contribution in [0.15, 0.2) is 97.2 Å². The summed E-state index contributed by atoms with van der Waals surface area (Å²) in [6.45, 7) is 4.74. The second kappa shape index (κ2) is 46.5. The molecule has 0 aliphatic carbocycles. The van der Waals surface area contributed by atoms with Crippen molar-refractivity contribution in [3.05, 3.63) is 97.2 Å². The maximum atomic E-state index is 12.9. The number of hydrogen-bond acceptors (Lipinski definition) is 5. The summed E-state index contributed by atoms with van der Waals surface area (Å²) in [7, 11) is 1.59. The number of phosphoric ester groups is 1. The number of carbonyl (C=O) groups is 1. The fourth-order valence-electron chi connectivity index (χ4n) is 7.00. The van der Waals surface area contributed by atoms with Crippen LogP contribution in [0.3, 0.4) is 0 Å². The highest BCUT2D eigenvalue weighted by Gasteiger charge is 2.28. The van der Waals surface area contributed by atoms with Crippen molar-refractivity contribution >= 4 is 13.7 Å². The predicted molar refractivity (Wildman–Crippen MR) is 281 cm³/mol. The molecule has 1 amide bonds. The Morgan fingerprint density at radius 3 is 1.35 bits per heavy atom. The highest BCUT2D eigenvalue weighted by molar-refractivity contribution is 7.47. The van der Waals surface area contributed by atoms with E-state index in [2.05, 4.69) is 116 Å². The van der Waals surface area contributed by atoms with Gasteiger partial charge in [0.1, 0.15) is 13.2 Å². The van der Waals surface area contributed by atoms with Crippen molar-refractivity contribution in [2.75, 3.05) is 40.9 Å². The van der Waals surface area contributed by atoms with Crippen LogP contribution in [0, 0.1) is 0 Å². The number of amides is 1. The minimum absolute atomic E-state index is 0.0663. The fourth-order valence-corrected chi connectivity index (χ4v) is 7.74. The SMILES string of the molecule is CC/C=C\C/C=C\C/C=C\C/C=C\C/C=C\C/C=C\C/C=C\C/C=C\CCCCCCCCC(=O)NC(COP(=O)(O)OCC[N+](C)(C)C)C(O)CCCCCCCCCCCCCC. The van der Waals surface area contributed by atoms with Gasteiger partial charge in [0.2, 0.25) is 5.91 Å². The van der Waals surface area contributed by atoms with E-state index in [0.29, 0.717) is 23.9 Å². The molecular weight excluding hydrogens is 828 g/mol. The van der Waals surface area contributed by atoms with E-state index in [1.165, 1.54) is 70.6 Å². The van der Waals surface area contributed by atoms with Crippen molar-refractivity contribution in [3.63, 3.8) is 0 Å². The normalized spacial score (nSPS) is 14.9. The molecule has 0 fully saturated rings. The standard InChI is InChI=1S/C56H99N2O6P/c1-6-8-10-12-14-16-18-20-21-22-23-24-25-26-27-28-29-30-31-32-33-34-35-36-37-38-40-42-44-46-48-50-56(60)57-54(53-64-65(61,62)63-52-51-58(3,4)5)55(59)49-47-45-43-41-39-19-17-15-13-11-9-7-2/h8,10,14,16,20-21,23-24,26-27,29-30,32-33,35-36,54-55,59H,6-7,9,11-13,15,17-19,22,25,28,31,34,37-53H2,1-5H3,(H-,57,60,61,62)/p+1/b10-8-,16-14-,21-20-,24-23-,27-26-,30-29-,33-32-,36-35-. The van der Waals surface area contributed by atoms with Gasteiger partial charge in [0.25, 0.3) is 0 Å². The molecule has 0 heterocycles. The lowest BCUT2D eigenvalue weighted by molar-refractivity contribution is -0.870. The number of nitrogens with zero attached hydrogens (tertiary/aromatic N) is 1. The van der Waals surface area contributed by atoms with E-state index in [1.807, 2.05) is 21.1 Å².